The van der Waals surface area contributed by atoms with E-state index < -0.39 is 18.0 Å². The summed E-state index contributed by atoms with van der Waals surface area (Å²) in [6, 6.07) is 17.1. The van der Waals surface area contributed by atoms with Crippen LogP contribution in [-0.2, 0) is 16.0 Å². The molecule has 1 aliphatic carbocycles. The maximum atomic E-state index is 9.97. The molecule has 2 atom stereocenters. The van der Waals surface area contributed by atoms with E-state index in [4.69, 9.17) is 19.7 Å². The lowest BCUT2D eigenvalue weighted by molar-refractivity contribution is -0.134. The maximum absolute atomic E-state index is 9.97. The second-order valence-corrected chi connectivity index (χ2v) is 8.05. The van der Waals surface area contributed by atoms with E-state index >= 15 is 0 Å². The van der Waals surface area contributed by atoms with Gasteiger partial charge in [0.2, 0.25) is 0 Å². The molecule has 4 N–H and O–H groups in total. The lowest BCUT2D eigenvalue weighted by atomic mass is 9.90. The first-order chi connectivity index (χ1) is 15.9. The normalized spacial score (nSPS) is 17.8. The van der Waals surface area contributed by atoms with Crippen LogP contribution in [0.5, 0.6) is 11.5 Å². The summed E-state index contributed by atoms with van der Waals surface area (Å²) in [7, 11) is 0. The fraction of sp³-hybridized carbons (Fsp3) is 0.360. The summed E-state index contributed by atoms with van der Waals surface area (Å²) < 4.78 is 11.7. The van der Waals surface area contributed by atoms with Crippen LogP contribution >= 0.6 is 0 Å². The van der Waals surface area contributed by atoms with Crippen LogP contribution < -0.4 is 14.8 Å². The Bertz CT molecular complexity index is 940. The number of aliphatic hydroxyl groups is 1. The van der Waals surface area contributed by atoms with Crippen molar-refractivity contribution in [2.45, 2.75) is 37.3 Å². The van der Waals surface area contributed by atoms with Crippen molar-refractivity contribution in [3.63, 3.8) is 0 Å². The second-order valence-electron chi connectivity index (χ2n) is 8.05. The standard InChI is InChI=1S/C21H25NO3.C4H4O4/c23-19(12-22-18-7-8-18)14-24-20-9-6-16-10-17(13-25-21(16)11-20)15-4-2-1-3-5-15;5-3(6)1-2-4(7)8/h1-6,9,11,17-19,22-23H,7-8,10,12-14H2;1-2H,(H,5,6)(H,7,8). The van der Waals surface area contributed by atoms with Gasteiger partial charge in [-0.15, -0.1) is 0 Å². The molecule has 8 heteroatoms. The minimum absolute atomic E-state index is 0.297. The summed E-state index contributed by atoms with van der Waals surface area (Å²) in [5.41, 5.74) is 2.53. The molecular formula is C25H29NO7. The molecule has 0 radical (unpaired) electrons. The SMILES string of the molecule is O=C(O)C=CC(=O)O.OC(CNC1CC1)COc1ccc2c(c1)OCC(c1ccccc1)C2. The van der Waals surface area contributed by atoms with E-state index in [2.05, 4.69) is 35.6 Å². The number of hydrogen-bond acceptors (Lipinski definition) is 6. The number of hydrogen-bond donors (Lipinski definition) is 4. The molecule has 0 saturated heterocycles. The van der Waals surface area contributed by atoms with E-state index in [1.165, 1.54) is 24.0 Å². The smallest absolute Gasteiger partial charge is 0.328 e. The van der Waals surface area contributed by atoms with Crippen molar-refractivity contribution in [2.75, 3.05) is 19.8 Å². The number of aliphatic hydroxyl groups excluding tert-OH is 1. The van der Waals surface area contributed by atoms with Gasteiger partial charge in [0.05, 0.1) is 6.61 Å². The molecular weight excluding hydrogens is 426 g/mol. The highest BCUT2D eigenvalue weighted by atomic mass is 16.5. The Labute approximate surface area is 192 Å². The van der Waals surface area contributed by atoms with Gasteiger partial charge in [-0.25, -0.2) is 9.59 Å². The number of ether oxygens (including phenoxy) is 2. The molecule has 0 bridgehead atoms. The van der Waals surface area contributed by atoms with Crippen molar-refractivity contribution in [1.82, 2.24) is 5.32 Å². The summed E-state index contributed by atoms with van der Waals surface area (Å²) in [4.78, 5) is 19.1. The van der Waals surface area contributed by atoms with Crippen molar-refractivity contribution < 1.29 is 34.4 Å². The van der Waals surface area contributed by atoms with Gasteiger partial charge in [0, 0.05) is 36.7 Å². The first-order valence-electron chi connectivity index (χ1n) is 10.9. The van der Waals surface area contributed by atoms with E-state index in [1.54, 1.807) is 0 Å². The molecule has 33 heavy (non-hydrogen) atoms. The average molecular weight is 456 g/mol. The summed E-state index contributed by atoms with van der Waals surface area (Å²) >= 11 is 0. The largest absolute Gasteiger partial charge is 0.493 e. The van der Waals surface area contributed by atoms with Crippen LogP contribution in [0, 0.1) is 0 Å². The van der Waals surface area contributed by atoms with Gasteiger partial charge >= 0.3 is 11.9 Å². The first-order valence-corrected chi connectivity index (χ1v) is 10.9. The minimum atomic E-state index is -1.26. The Kier molecular flexibility index (Phi) is 8.86. The molecule has 176 valence electrons. The summed E-state index contributed by atoms with van der Waals surface area (Å²) in [6.45, 7) is 1.57. The highest BCUT2D eigenvalue weighted by Gasteiger charge is 2.23. The Morgan fingerprint density at radius 3 is 2.42 bits per heavy atom. The highest BCUT2D eigenvalue weighted by molar-refractivity contribution is 5.89. The second kappa shape index (κ2) is 12.0. The number of fused-ring (bicyclic) bond motifs is 1. The van der Waals surface area contributed by atoms with Gasteiger partial charge in [-0.3, -0.25) is 0 Å². The fourth-order valence-corrected chi connectivity index (χ4v) is 3.37. The molecule has 1 saturated carbocycles. The number of nitrogens with one attached hydrogen (secondary N) is 1. The van der Waals surface area contributed by atoms with Gasteiger partial charge in [0.15, 0.2) is 0 Å². The van der Waals surface area contributed by atoms with Gasteiger partial charge < -0.3 is 30.1 Å². The maximum Gasteiger partial charge on any atom is 0.328 e. The summed E-state index contributed by atoms with van der Waals surface area (Å²) in [5.74, 6) is -0.465. The van der Waals surface area contributed by atoms with Gasteiger partial charge in [0.25, 0.3) is 0 Å². The minimum Gasteiger partial charge on any atom is -0.493 e. The number of carbonyl (C=O) groups is 2. The van der Waals surface area contributed by atoms with Crippen LogP contribution in [0.15, 0.2) is 60.7 Å². The van der Waals surface area contributed by atoms with Crippen LogP contribution in [0.1, 0.15) is 29.9 Å². The van der Waals surface area contributed by atoms with E-state index in [1.807, 2.05) is 18.2 Å². The number of benzene rings is 2. The summed E-state index contributed by atoms with van der Waals surface area (Å²) in [6.07, 6.45) is 4.05. The van der Waals surface area contributed by atoms with Crippen molar-refractivity contribution in [3.8, 4) is 11.5 Å². The Morgan fingerprint density at radius 2 is 1.79 bits per heavy atom. The molecule has 1 fully saturated rings. The topological polar surface area (TPSA) is 125 Å². The van der Waals surface area contributed by atoms with E-state index in [0.29, 0.717) is 43.9 Å². The molecule has 2 unspecified atom stereocenters. The molecule has 0 amide bonds. The molecule has 2 aliphatic rings. The molecule has 2 aromatic rings. The van der Waals surface area contributed by atoms with Crippen molar-refractivity contribution in [3.05, 3.63) is 71.8 Å². The molecule has 0 aromatic heterocycles. The predicted octanol–water partition coefficient (Wildman–Crippen LogP) is 2.61. The van der Waals surface area contributed by atoms with Gasteiger partial charge in [0.1, 0.15) is 24.2 Å². The third-order valence-corrected chi connectivity index (χ3v) is 5.25. The number of rotatable bonds is 9. The van der Waals surface area contributed by atoms with Crippen molar-refractivity contribution in [1.29, 1.82) is 0 Å². The van der Waals surface area contributed by atoms with Gasteiger partial charge in [-0.05, 0) is 36.5 Å². The van der Waals surface area contributed by atoms with Crippen LogP contribution in [-0.4, -0.2) is 59.2 Å². The molecule has 2 aromatic carbocycles. The van der Waals surface area contributed by atoms with Gasteiger partial charge in [-0.1, -0.05) is 36.4 Å². The lowest BCUT2D eigenvalue weighted by Crippen LogP contribution is -2.32. The van der Waals surface area contributed by atoms with Crippen LogP contribution in [0.25, 0.3) is 0 Å². The van der Waals surface area contributed by atoms with E-state index in [-0.39, 0.29) is 0 Å². The zero-order valence-electron chi connectivity index (χ0n) is 18.2. The molecule has 1 aliphatic heterocycles. The third kappa shape index (κ3) is 8.59. The Balaban J connectivity index is 0.000000331. The van der Waals surface area contributed by atoms with Crippen molar-refractivity contribution >= 4 is 11.9 Å². The predicted molar refractivity (Wildman–Crippen MR) is 122 cm³/mol. The summed E-state index contributed by atoms with van der Waals surface area (Å²) in [5, 5.41) is 28.9. The lowest BCUT2D eigenvalue weighted by Gasteiger charge is -2.26. The van der Waals surface area contributed by atoms with Crippen LogP contribution in [0.2, 0.25) is 0 Å². The highest BCUT2D eigenvalue weighted by Crippen LogP contribution is 2.34. The molecule has 4 rings (SSSR count). The average Bonchev–Trinajstić information content (AvgIpc) is 3.65. The molecule has 8 nitrogen and oxygen atoms in total. The number of carboxylic acids is 2. The quantitative estimate of drug-likeness (QED) is 0.425. The van der Waals surface area contributed by atoms with Crippen LogP contribution in [0.3, 0.4) is 0 Å². The first kappa shape index (κ1) is 24.3. The molecule has 1 heterocycles. The number of carboxylic acid groups (broad SMARTS) is 2. The molecule has 0 spiro atoms. The zero-order chi connectivity index (χ0) is 23.6. The third-order valence-electron chi connectivity index (χ3n) is 5.25. The van der Waals surface area contributed by atoms with Crippen LogP contribution in [0.4, 0.5) is 0 Å². The number of aliphatic carboxylic acids is 2. The van der Waals surface area contributed by atoms with Crippen molar-refractivity contribution in [2.24, 2.45) is 0 Å². The Morgan fingerprint density at radius 1 is 1.09 bits per heavy atom. The Hall–Kier alpha value is -3.36. The monoisotopic (exact) mass is 455 g/mol. The fourth-order valence-electron chi connectivity index (χ4n) is 3.37. The van der Waals surface area contributed by atoms with E-state index in [0.717, 1.165) is 17.9 Å². The zero-order valence-corrected chi connectivity index (χ0v) is 18.2. The van der Waals surface area contributed by atoms with E-state index in [9.17, 15) is 14.7 Å². The van der Waals surface area contributed by atoms with Gasteiger partial charge in [-0.2, -0.15) is 0 Å².